The minimum atomic E-state index is 1.05. The fourth-order valence-electron chi connectivity index (χ4n) is 12.5. The van der Waals surface area contributed by atoms with Crippen molar-refractivity contribution in [2.75, 3.05) is 9.80 Å². The molecule has 0 saturated carbocycles. The van der Waals surface area contributed by atoms with Crippen LogP contribution < -0.4 is 9.80 Å². The molecule has 10 aromatic carbocycles. The molecule has 10 aromatic rings. The summed E-state index contributed by atoms with van der Waals surface area (Å²) in [6, 6.07) is 73.6. The predicted octanol–water partition coefficient (Wildman–Crippen LogP) is 18.7. The average Bonchev–Trinajstić information content (AvgIpc) is 3.70. The first kappa shape index (κ1) is 40.8. The Kier molecular flexibility index (Phi) is 9.79. The molecule has 0 radical (unpaired) electrons. The molecule has 0 bridgehead atoms. The highest BCUT2D eigenvalue weighted by Crippen LogP contribution is 2.51. The average molecular weight is 897 g/mol. The summed E-state index contributed by atoms with van der Waals surface area (Å²) < 4.78 is 0. The Labute approximate surface area is 410 Å². The topological polar surface area (TPSA) is 6.48 Å². The van der Waals surface area contributed by atoms with E-state index in [1.165, 1.54) is 122 Å². The van der Waals surface area contributed by atoms with Gasteiger partial charge >= 0.3 is 0 Å². The normalized spacial score (nSPS) is 15.5. The van der Waals surface area contributed by atoms with E-state index >= 15 is 0 Å². The molecule has 14 rings (SSSR count). The number of allylic oxidation sites excluding steroid dienone is 6. The van der Waals surface area contributed by atoms with Crippen molar-refractivity contribution in [1.82, 2.24) is 0 Å². The minimum Gasteiger partial charge on any atom is -0.310 e. The van der Waals surface area contributed by atoms with Gasteiger partial charge in [-0.05, 0) is 199 Å². The zero-order valence-corrected chi connectivity index (χ0v) is 39.3. The standard InChI is InChI=1S/C68H52N2/c1-7-23-55-45(15-1)21-13-25-56(55)47-31-37-52(38-32-47)67-59-41-39-54(70-65-29-11-5-19-50(65)35-36-51-20-6-12-30-66(51)70)44-62(59)68(58-26-14-22-46-16-2-8-24-57(46)58)60-42-40-53(43-61(60)67)69-63-27-9-3-17-48(63)33-34-49-18-4-10-28-64(49)69/h1-3,5,7-17,19,21-32,37-44H,4,6,18,20,33-36H2. The maximum atomic E-state index is 2.57. The zero-order chi connectivity index (χ0) is 46.1. The van der Waals surface area contributed by atoms with Gasteiger partial charge in [-0.2, -0.15) is 0 Å². The van der Waals surface area contributed by atoms with Gasteiger partial charge in [-0.15, -0.1) is 0 Å². The molecule has 4 aliphatic rings. The van der Waals surface area contributed by atoms with Crippen LogP contribution in [0.1, 0.15) is 49.7 Å². The van der Waals surface area contributed by atoms with E-state index in [9.17, 15) is 0 Å². The number of anilines is 4. The van der Waals surface area contributed by atoms with E-state index in [1.54, 1.807) is 11.1 Å². The summed E-state index contributed by atoms with van der Waals surface area (Å²) in [6.07, 6.45) is 18.2. The summed E-state index contributed by atoms with van der Waals surface area (Å²) in [4.78, 5) is 5.15. The number of para-hydroxylation sites is 2. The third-order valence-corrected chi connectivity index (χ3v) is 15.8. The van der Waals surface area contributed by atoms with Gasteiger partial charge in [0.1, 0.15) is 0 Å². The minimum absolute atomic E-state index is 1.05. The Hall–Kier alpha value is -8.20. The lowest BCUT2D eigenvalue weighted by atomic mass is 9.83. The number of hydrogen-bond acceptors (Lipinski definition) is 2. The molecule has 2 heterocycles. The lowest BCUT2D eigenvalue weighted by molar-refractivity contribution is 0.833. The molecule has 2 nitrogen and oxygen atoms in total. The van der Waals surface area contributed by atoms with Gasteiger partial charge in [0.2, 0.25) is 0 Å². The van der Waals surface area contributed by atoms with Crippen LogP contribution in [0.15, 0.2) is 241 Å². The summed E-state index contributed by atoms with van der Waals surface area (Å²) in [7, 11) is 0. The van der Waals surface area contributed by atoms with Crippen molar-refractivity contribution in [3.63, 3.8) is 0 Å². The number of benzene rings is 10. The molecular formula is C68H52N2. The van der Waals surface area contributed by atoms with Crippen molar-refractivity contribution < 1.29 is 0 Å². The highest BCUT2D eigenvalue weighted by molar-refractivity contribution is 6.24. The number of hydrogen-bond donors (Lipinski definition) is 0. The van der Waals surface area contributed by atoms with Crippen LogP contribution in [-0.4, -0.2) is 0 Å². The van der Waals surface area contributed by atoms with E-state index in [-0.39, 0.29) is 0 Å². The molecule has 0 N–H and O–H groups in total. The van der Waals surface area contributed by atoms with Crippen molar-refractivity contribution in [1.29, 1.82) is 0 Å². The zero-order valence-electron chi connectivity index (χ0n) is 39.3. The molecule has 2 aliphatic carbocycles. The van der Waals surface area contributed by atoms with Gasteiger partial charge in [0.15, 0.2) is 0 Å². The Balaban J connectivity index is 1.08. The first-order chi connectivity index (χ1) is 34.7. The van der Waals surface area contributed by atoms with E-state index in [0.717, 1.165) is 51.4 Å². The molecule has 2 aliphatic heterocycles. The number of nitrogens with zero attached hydrogens (tertiary/aromatic N) is 2. The van der Waals surface area contributed by atoms with Gasteiger partial charge in [-0.1, -0.05) is 170 Å². The first-order valence-electron chi connectivity index (χ1n) is 25.4. The van der Waals surface area contributed by atoms with E-state index in [1.807, 2.05) is 0 Å². The van der Waals surface area contributed by atoms with Crippen molar-refractivity contribution in [2.45, 2.75) is 51.4 Å². The van der Waals surface area contributed by atoms with E-state index in [0.29, 0.717) is 0 Å². The fraction of sp³-hybridized carbons (Fsp3) is 0.118. The van der Waals surface area contributed by atoms with Gasteiger partial charge in [0.05, 0.1) is 0 Å². The predicted molar refractivity (Wildman–Crippen MR) is 297 cm³/mol. The van der Waals surface area contributed by atoms with Crippen LogP contribution in [0.5, 0.6) is 0 Å². The monoisotopic (exact) mass is 896 g/mol. The van der Waals surface area contributed by atoms with Crippen molar-refractivity contribution in [3.8, 4) is 33.4 Å². The van der Waals surface area contributed by atoms with Gasteiger partial charge in [-0.25, -0.2) is 0 Å². The molecule has 0 atom stereocenters. The quantitative estimate of drug-likeness (QED) is 0.159. The Bertz CT molecular complexity index is 3890. The largest absolute Gasteiger partial charge is 0.310 e. The second-order valence-corrected chi connectivity index (χ2v) is 19.6. The van der Waals surface area contributed by atoms with Gasteiger partial charge in [-0.3, -0.25) is 0 Å². The number of aryl methyl sites for hydroxylation is 2. The number of fused-ring (bicyclic) bond motifs is 6. The van der Waals surface area contributed by atoms with Crippen LogP contribution in [0.25, 0.3) is 76.5 Å². The molecule has 0 amide bonds. The fourth-order valence-corrected chi connectivity index (χ4v) is 12.5. The van der Waals surface area contributed by atoms with Crippen LogP contribution in [0.4, 0.5) is 22.7 Å². The molecule has 0 unspecified atom stereocenters. The summed E-state index contributed by atoms with van der Waals surface area (Å²) in [5, 5.41) is 10.0. The third kappa shape index (κ3) is 6.69. The van der Waals surface area contributed by atoms with E-state index in [4.69, 9.17) is 0 Å². The lowest BCUT2D eigenvalue weighted by Crippen LogP contribution is -2.18. The van der Waals surface area contributed by atoms with E-state index in [2.05, 4.69) is 228 Å². The summed E-state index contributed by atoms with van der Waals surface area (Å²) >= 11 is 0. The van der Waals surface area contributed by atoms with Crippen LogP contribution in [0.3, 0.4) is 0 Å². The second kappa shape index (κ2) is 16.8. The molecular weight excluding hydrogens is 845 g/mol. The maximum Gasteiger partial charge on any atom is 0.0493 e. The highest BCUT2D eigenvalue weighted by atomic mass is 15.2. The van der Waals surface area contributed by atoms with Crippen LogP contribution in [-0.2, 0) is 12.8 Å². The van der Waals surface area contributed by atoms with Crippen molar-refractivity contribution in [3.05, 3.63) is 252 Å². The number of rotatable bonds is 5. The Morgan fingerprint density at radius 3 is 1.39 bits per heavy atom. The molecule has 0 saturated heterocycles. The summed E-state index contributed by atoms with van der Waals surface area (Å²) in [5.74, 6) is 0. The Morgan fingerprint density at radius 1 is 0.314 bits per heavy atom. The first-order valence-corrected chi connectivity index (χ1v) is 25.4. The summed E-state index contributed by atoms with van der Waals surface area (Å²) in [6.45, 7) is 0. The van der Waals surface area contributed by atoms with Crippen LogP contribution in [0, 0.1) is 0 Å². The van der Waals surface area contributed by atoms with Crippen molar-refractivity contribution >= 4 is 65.8 Å². The summed E-state index contributed by atoms with van der Waals surface area (Å²) in [5.41, 5.74) is 21.0. The maximum absolute atomic E-state index is 2.57. The Morgan fingerprint density at radius 2 is 0.786 bits per heavy atom. The van der Waals surface area contributed by atoms with Crippen LogP contribution >= 0.6 is 0 Å². The second-order valence-electron chi connectivity index (χ2n) is 19.6. The van der Waals surface area contributed by atoms with E-state index < -0.39 is 0 Å². The van der Waals surface area contributed by atoms with Crippen LogP contribution in [0.2, 0.25) is 0 Å². The van der Waals surface area contributed by atoms with Gasteiger partial charge in [0, 0.05) is 34.1 Å². The van der Waals surface area contributed by atoms with Gasteiger partial charge in [0.25, 0.3) is 0 Å². The molecule has 2 heteroatoms. The SMILES string of the molecule is C1=CC2=C(CC1)CCc1ccccc1N2c1ccc2c(-c3cccc4ccccc34)c3cc(N4C5=C(CCC=C5)CCc5ccccc54)ccc3c(-c3ccc(-c4cccc5ccccc45)cc3)c2c1. The third-order valence-electron chi connectivity index (χ3n) is 15.8. The smallest absolute Gasteiger partial charge is 0.0493 e. The highest BCUT2D eigenvalue weighted by Gasteiger charge is 2.29. The molecule has 0 aromatic heterocycles. The molecule has 70 heavy (non-hydrogen) atoms. The molecule has 0 spiro atoms. The van der Waals surface area contributed by atoms with Gasteiger partial charge < -0.3 is 9.80 Å². The van der Waals surface area contributed by atoms with Crippen molar-refractivity contribution in [2.24, 2.45) is 0 Å². The molecule has 334 valence electrons. The lowest BCUT2D eigenvalue weighted by Gasteiger charge is -2.31. The molecule has 0 fully saturated rings.